The van der Waals surface area contributed by atoms with Crippen molar-refractivity contribution in [3.8, 4) is 0 Å². The second-order valence-electron chi connectivity index (χ2n) is 6.89. The van der Waals surface area contributed by atoms with Gasteiger partial charge < -0.3 is 20.5 Å². The molecule has 144 valence electrons. The number of imidazole rings is 1. The molecule has 3 amide bonds. The van der Waals surface area contributed by atoms with Gasteiger partial charge in [-0.15, -0.1) is 0 Å². The predicted octanol–water partition coefficient (Wildman–Crippen LogP) is 3.27. The Labute approximate surface area is 163 Å². The molecule has 2 aromatic carbocycles. The summed E-state index contributed by atoms with van der Waals surface area (Å²) in [6.07, 6.45) is 2.08. The average molecular weight is 377 g/mol. The summed E-state index contributed by atoms with van der Waals surface area (Å²) in [4.78, 5) is 28.9. The Hall–Kier alpha value is -3.35. The number of nitrogens with zero attached hydrogens (tertiary/aromatic N) is 2. The molecule has 0 aliphatic heterocycles. The van der Waals surface area contributed by atoms with E-state index in [0.717, 1.165) is 36.2 Å². The minimum Gasteiger partial charge on any atom is -0.345 e. The number of hydrogen-bond acceptors (Lipinski definition) is 3. The minimum atomic E-state index is -0.210. The van der Waals surface area contributed by atoms with Crippen LogP contribution in [0.4, 0.5) is 10.5 Å². The molecule has 7 nitrogen and oxygen atoms in total. The van der Waals surface area contributed by atoms with Crippen LogP contribution in [0, 0.1) is 0 Å². The zero-order chi connectivity index (χ0) is 19.5. The molecular weight excluding hydrogens is 354 g/mol. The molecule has 0 bridgehead atoms. The van der Waals surface area contributed by atoms with E-state index in [1.54, 1.807) is 24.3 Å². The van der Waals surface area contributed by atoms with E-state index in [2.05, 4.69) is 32.4 Å². The van der Waals surface area contributed by atoms with Crippen molar-refractivity contribution in [1.82, 2.24) is 20.2 Å². The highest BCUT2D eigenvalue weighted by Gasteiger charge is 2.23. The Bertz CT molecular complexity index is 1010. The third-order valence-electron chi connectivity index (χ3n) is 4.77. The first-order valence-corrected chi connectivity index (χ1v) is 9.54. The Morgan fingerprint density at radius 3 is 2.57 bits per heavy atom. The molecule has 1 aliphatic carbocycles. The highest BCUT2D eigenvalue weighted by molar-refractivity contribution is 5.95. The van der Waals surface area contributed by atoms with Gasteiger partial charge in [-0.3, -0.25) is 4.79 Å². The number of fused-ring (bicyclic) bond motifs is 1. The Morgan fingerprint density at radius 1 is 1.11 bits per heavy atom. The molecule has 0 unspecified atom stereocenters. The lowest BCUT2D eigenvalue weighted by Crippen LogP contribution is -2.30. The van der Waals surface area contributed by atoms with Crippen LogP contribution >= 0.6 is 0 Å². The van der Waals surface area contributed by atoms with E-state index >= 15 is 0 Å². The van der Waals surface area contributed by atoms with Crippen LogP contribution in [0.15, 0.2) is 48.5 Å². The van der Waals surface area contributed by atoms with Gasteiger partial charge >= 0.3 is 6.03 Å². The summed E-state index contributed by atoms with van der Waals surface area (Å²) < 4.78 is 2.10. The third-order valence-corrected chi connectivity index (χ3v) is 4.77. The van der Waals surface area contributed by atoms with Crippen LogP contribution in [-0.4, -0.2) is 27.5 Å². The smallest absolute Gasteiger partial charge is 0.319 e. The summed E-state index contributed by atoms with van der Waals surface area (Å²) in [7, 11) is 0. The highest BCUT2D eigenvalue weighted by Crippen LogP contribution is 2.19. The van der Waals surface area contributed by atoms with Crippen LogP contribution in [0.5, 0.6) is 0 Å². The van der Waals surface area contributed by atoms with Crippen molar-refractivity contribution in [3.63, 3.8) is 0 Å². The quantitative estimate of drug-likeness (QED) is 0.616. The average Bonchev–Trinajstić information content (AvgIpc) is 3.44. The SMILES string of the molecule is CCn1c(CNC(=O)c2ccc(NC(=O)NC3CC3)cc2)nc2ccccc21. The molecule has 28 heavy (non-hydrogen) atoms. The van der Waals surface area contributed by atoms with Gasteiger partial charge in [0.2, 0.25) is 0 Å². The molecule has 1 aliphatic rings. The van der Waals surface area contributed by atoms with Crippen molar-refractivity contribution in [2.75, 3.05) is 5.32 Å². The van der Waals surface area contributed by atoms with E-state index in [9.17, 15) is 9.59 Å². The summed E-state index contributed by atoms with van der Waals surface area (Å²) in [5.74, 6) is 0.649. The highest BCUT2D eigenvalue weighted by atomic mass is 16.2. The topological polar surface area (TPSA) is 88.0 Å². The second kappa shape index (κ2) is 7.72. The molecule has 3 N–H and O–H groups in total. The lowest BCUT2D eigenvalue weighted by molar-refractivity contribution is 0.0949. The Kier molecular flexibility index (Phi) is 4.97. The molecule has 0 radical (unpaired) electrons. The van der Waals surface area contributed by atoms with Crippen LogP contribution in [0.3, 0.4) is 0 Å². The number of anilines is 1. The number of carbonyl (C=O) groups excluding carboxylic acids is 2. The largest absolute Gasteiger partial charge is 0.345 e. The molecule has 1 saturated carbocycles. The third kappa shape index (κ3) is 3.98. The number of hydrogen-bond donors (Lipinski definition) is 3. The van der Waals surface area contributed by atoms with E-state index in [4.69, 9.17) is 0 Å². The lowest BCUT2D eigenvalue weighted by atomic mass is 10.2. The van der Waals surface area contributed by atoms with Crippen molar-refractivity contribution < 1.29 is 9.59 Å². The summed E-state index contributed by atoms with van der Waals surface area (Å²) in [6, 6.07) is 14.9. The van der Waals surface area contributed by atoms with E-state index in [0.29, 0.717) is 23.8 Å². The molecule has 0 saturated heterocycles. The van der Waals surface area contributed by atoms with Crippen LogP contribution in [0.25, 0.3) is 11.0 Å². The van der Waals surface area contributed by atoms with E-state index in [1.807, 2.05) is 24.3 Å². The fraction of sp³-hybridized carbons (Fsp3) is 0.286. The summed E-state index contributed by atoms with van der Waals surface area (Å²) in [6.45, 7) is 3.20. The maximum atomic E-state index is 12.5. The number of nitrogens with one attached hydrogen (secondary N) is 3. The molecule has 1 aromatic heterocycles. The normalized spacial score (nSPS) is 13.3. The fourth-order valence-electron chi connectivity index (χ4n) is 3.16. The fourth-order valence-corrected chi connectivity index (χ4v) is 3.16. The standard InChI is InChI=1S/C21H23N5O2/c1-2-26-18-6-4-3-5-17(18)25-19(26)13-22-20(27)14-7-9-15(10-8-14)23-21(28)24-16-11-12-16/h3-10,16H,2,11-13H2,1H3,(H,22,27)(H2,23,24,28). The van der Waals surface area contributed by atoms with Crippen LogP contribution in [0.1, 0.15) is 35.9 Å². The summed E-state index contributed by atoms with van der Waals surface area (Å²) in [5, 5.41) is 8.56. The zero-order valence-electron chi connectivity index (χ0n) is 15.7. The minimum absolute atomic E-state index is 0.177. The van der Waals surface area contributed by atoms with Gasteiger partial charge in [-0.2, -0.15) is 0 Å². The lowest BCUT2D eigenvalue weighted by Gasteiger charge is -2.09. The Morgan fingerprint density at radius 2 is 1.86 bits per heavy atom. The number of para-hydroxylation sites is 2. The van der Waals surface area contributed by atoms with Crippen molar-refractivity contribution in [1.29, 1.82) is 0 Å². The maximum Gasteiger partial charge on any atom is 0.319 e. The van der Waals surface area contributed by atoms with Crippen LogP contribution < -0.4 is 16.0 Å². The van der Waals surface area contributed by atoms with Gasteiger partial charge in [0, 0.05) is 23.8 Å². The van der Waals surface area contributed by atoms with Crippen LogP contribution in [-0.2, 0) is 13.1 Å². The molecule has 0 spiro atoms. The zero-order valence-corrected chi connectivity index (χ0v) is 15.7. The second-order valence-corrected chi connectivity index (χ2v) is 6.89. The molecular formula is C21H23N5O2. The first-order valence-electron chi connectivity index (χ1n) is 9.54. The van der Waals surface area contributed by atoms with Crippen molar-refractivity contribution in [2.45, 2.75) is 38.9 Å². The number of carbonyl (C=O) groups is 2. The van der Waals surface area contributed by atoms with E-state index < -0.39 is 0 Å². The predicted molar refractivity (Wildman–Crippen MR) is 108 cm³/mol. The molecule has 1 fully saturated rings. The monoisotopic (exact) mass is 377 g/mol. The maximum absolute atomic E-state index is 12.5. The van der Waals surface area contributed by atoms with Gasteiger partial charge in [-0.05, 0) is 56.2 Å². The van der Waals surface area contributed by atoms with Gasteiger partial charge in [-0.1, -0.05) is 12.1 Å². The van der Waals surface area contributed by atoms with Gasteiger partial charge in [-0.25, -0.2) is 9.78 Å². The first kappa shape index (κ1) is 18.0. The van der Waals surface area contributed by atoms with Gasteiger partial charge in [0.05, 0.1) is 17.6 Å². The number of amides is 3. The summed E-state index contributed by atoms with van der Waals surface area (Å²) in [5.41, 5.74) is 3.18. The summed E-state index contributed by atoms with van der Waals surface area (Å²) >= 11 is 0. The van der Waals surface area contributed by atoms with Crippen molar-refractivity contribution in [3.05, 3.63) is 59.9 Å². The first-order chi connectivity index (χ1) is 13.6. The van der Waals surface area contributed by atoms with Gasteiger partial charge in [0.15, 0.2) is 0 Å². The van der Waals surface area contributed by atoms with Crippen LogP contribution in [0.2, 0.25) is 0 Å². The number of aromatic nitrogens is 2. The van der Waals surface area contributed by atoms with Crippen molar-refractivity contribution >= 4 is 28.7 Å². The van der Waals surface area contributed by atoms with Gasteiger partial charge in [0.1, 0.15) is 5.82 Å². The Balaban J connectivity index is 1.38. The molecule has 7 heteroatoms. The number of urea groups is 1. The molecule has 3 aromatic rings. The molecule has 1 heterocycles. The molecule has 4 rings (SSSR count). The number of aryl methyl sites for hydroxylation is 1. The van der Waals surface area contributed by atoms with Gasteiger partial charge in [0.25, 0.3) is 5.91 Å². The van der Waals surface area contributed by atoms with E-state index in [-0.39, 0.29) is 11.9 Å². The van der Waals surface area contributed by atoms with Crippen molar-refractivity contribution in [2.24, 2.45) is 0 Å². The number of rotatable bonds is 6. The molecule has 0 atom stereocenters. The van der Waals surface area contributed by atoms with E-state index in [1.165, 1.54) is 0 Å². The number of benzene rings is 2.